The Hall–Kier alpha value is -2.63. The van der Waals surface area contributed by atoms with Crippen LogP contribution >= 0.6 is 0 Å². The highest BCUT2D eigenvalue weighted by Gasteiger charge is 2.11. The molecule has 0 aliphatic rings. The predicted molar refractivity (Wildman–Crippen MR) is 70.3 cm³/mol. The third-order valence-electron chi connectivity index (χ3n) is 2.20. The topological polar surface area (TPSA) is 89.9 Å². The highest BCUT2D eigenvalue weighted by atomic mass is 16.6. The number of carbonyl (C=O) groups is 3. The average Bonchev–Trinajstić information content (AvgIpc) is 2.31. The molecule has 1 aromatic carbocycles. The number of carboxylic acids is 1. The van der Waals surface area contributed by atoms with Gasteiger partial charge in [-0.3, -0.25) is 9.59 Å². The minimum Gasteiger partial charge on any atom is -0.478 e. The number of esters is 2. The van der Waals surface area contributed by atoms with Gasteiger partial charge in [-0.1, -0.05) is 6.07 Å². The number of rotatable bonds is 4. The summed E-state index contributed by atoms with van der Waals surface area (Å²) in [5.74, 6) is -2.03. The molecule has 0 amide bonds. The van der Waals surface area contributed by atoms with E-state index in [0.29, 0.717) is 5.56 Å². The van der Waals surface area contributed by atoms with Gasteiger partial charge >= 0.3 is 17.9 Å². The lowest BCUT2D eigenvalue weighted by molar-refractivity contribution is -0.134. The second kappa shape index (κ2) is 6.51. The van der Waals surface area contributed by atoms with Crippen molar-refractivity contribution in [3.8, 4) is 11.5 Å². The Morgan fingerprint density at radius 3 is 2.05 bits per heavy atom. The normalized spacial score (nSPS) is 10.8. The van der Waals surface area contributed by atoms with Gasteiger partial charge in [0.1, 0.15) is 0 Å². The highest BCUT2D eigenvalue weighted by Crippen LogP contribution is 2.29. The number of ether oxygens (including phenoxy) is 2. The molecule has 1 N–H and O–H groups in total. The minimum atomic E-state index is -1.05. The van der Waals surface area contributed by atoms with E-state index in [0.717, 1.165) is 0 Å². The van der Waals surface area contributed by atoms with Gasteiger partial charge in [0.2, 0.25) is 0 Å². The van der Waals surface area contributed by atoms with Crippen molar-refractivity contribution in [3.63, 3.8) is 0 Å². The fourth-order valence-corrected chi connectivity index (χ4v) is 1.40. The molecular weight excluding hydrogens is 264 g/mol. The van der Waals surface area contributed by atoms with E-state index >= 15 is 0 Å². The number of carbonyl (C=O) groups excluding carboxylic acids is 2. The summed E-state index contributed by atoms with van der Waals surface area (Å²) < 4.78 is 9.84. The summed E-state index contributed by atoms with van der Waals surface area (Å²) in [4.78, 5) is 32.7. The van der Waals surface area contributed by atoms with Crippen molar-refractivity contribution in [2.75, 3.05) is 0 Å². The lowest BCUT2D eigenvalue weighted by Gasteiger charge is -2.09. The van der Waals surface area contributed by atoms with E-state index in [1.807, 2.05) is 0 Å². The van der Waals surface area contributed by atoms with Crippen molar-refractivity contribution in [2.24, 2.45) is 0 Å². The summed E-state index contributed by atoms with van der Waals surface area (Å²) >= 11 is 0. The third-order valence-corrected chi connectivity index (χ3v) is 2.20. The Labute approximate surface area is 115 Å². The Kier molecular flexibility index (Phi) is 5.02. The maximum Gasteiger partial charge on any atom is 0.331 e. The van der Waals surface area contributed by atoms with E-state index < -0.39 is 17.9 Å². The summed E-state index contributed by atoms with van der Waals surface area (Å²) in [6, 6.07) is 4.41. The molecule has 0 bridgehead atoms. The molecule has 0 aromatic heterocycles. The van der Waals surface area contributed by atoms with Crippen molar-refractivity contribution in [3.05, 3.63) is 29.3 Å². The van der Waals surface area contributed by atoms with Gasteiger partial charge in [0.25, 0.3) is 0 Å². The Morgan fingerprint density at radius 1 is 1.00 bits per heavy atom. The first-order chi connectivity index (χ1) is 9.29. The Bertz CT molecular complexity index is 585. The van der Waals surface area contributed by atoms with Crippen LogP contribution in [0, 0.1) is 0 Å². The standard InChI is InChI=1S/C14H14O6/c1-8(14(17)18)6-11-4-5-12(19-9(2)15)13(7-11)20-10(3)16/h4-7H,1-3H3,(H,17,18)/b8-6+. The summed E-state index contributed by atoms with van der Waals surface area (Å²) in [6.07, 6.45) is 1.41. The molecule has 0 aliphatic heterocycles. The van der Waals surface area contributed by atoms with Gasteiger partial charge < -0.3 is 14.6 Å². The first-order valence-electron chi connectivity index (χ1n) is 5.72. The molecule has 6 heteroatoms. The Morgan fingerprint density at radius 2 is 1.55 bits per heavy atom. The fraction of sp³-hybridized carbons (Fsp3) is 0.214. The molecule has 0 spiro atoms. The van der Waals surface area contributed by atoms with Gasteiger partial charge in [-0.25, -0.2) is 4.79 Å². The van der Waals surface area contributed by atoms with Crippen LogP contribution in [0.3, 0.4) is 0 Å². The van der Waals surface area contributed by atoms with E-state index in [2.05, 4.69) is 0 Å². The van der Waals surface area contributed by atoms with E-state index in [1.165, 1.54) is 39.0 Å². The second-order valence-electron chi connectivity index (χ2n) is 4.03. The van der Waals surface area contributed by atoms with Crippen LogP contribution in [0.5, 0.6) is 11.5 Å². The van der Waals surface area contributed by atoms with Crippen LogP contribution in [0.1, 0.15) is 26.3 Å². The molecule has 106 valence electrons. The number of hydrogen-bond donors (Lipinski definition) is 1. The van der Waals surface area contributed by atoms with Crippen LogP contribution in [-0.2, 0) is 14.4 Å². The zero-order valence-electron chi connectivity index (χ0n) is 11.3. The molecule has 0 atom stereocenters. The van der Waals surface area contributed by atoms with Crippen molar-refractivity contribution in [1.29, 1.82) is 0 Å². The predicted octanol–water partition coefficient (Wildman–Crippen LogP) is 2.03. The van der Waals surface area contributed by atoms with E-state index in [1.54, 1.807) is 6.07 Å². The van der Waals surface area contributed by atoms with Gasteiger partial charge in [0.15, 0.2) is 11.5 Å². The monoisotopic (exact) mass is 278 g/mol. The lowest BCUT2D eigenvalue weighted by Crippen LogP contribution is -2.07. The SMILES string of the molecule is CC(=O)Oc1ccc(/C=C(\C)C(=O)O)cc1OC(C)=O. The molecule has 1 rings (SSSR count). The van der Waals surface area contributed by atoms with Gasteiger partial charge in [-0.05, 0) is 30.7 Å². The first kappa shape index (κ1) is 15.4. The van der Waals surface area contributed by atoms with Gasteiger partial charge in [-0.15, -0.1) is 0 Å². The fourth-order valence-electron chi connectivity index (χ4n) is 1.40. The van der Waals surface area contributed by atoms with Crippen LogP contribution in [0.25, 0.3) is 6.08 Å². The Balaban J connectivity index is 3.19. The maximum absolute atomic E-state index is 11.0. The number of benzene rings is 1. The molecule has 0 fully saturated rings. The van der Waals surface area contributed by atoms with Gasteiger partial charge in [0.05, 0.1) is 0 Å². The van der Waals surface area contributed by atoms with Crippen molar-refractivity contribution in [2.45, 2.75) is 20.8 Å². The smallest absolute Gasteiger partial charge is 0.331 e. The quantitative estimate of drug-likeness (QED) is 0.515. The minimum absolute atomic E-state index is 0.0552. The average molecular weight is 278 g/mol. The summed E-state index contributed by atoms with van der Waals surface area (Å²) in [5, 5.41) is 8.81. The highest BCUT2D eigenvalue weighted by molar-refractivity contribution is 5.91. The molecule has 6 nitrogen and oxygen atoms in total. The second-order valence-corrected chi connectivity index (χ2v) is 4.03. The maximum atomic E-state index is 11.0. The van der Waals surface area contributed by atoms with E-state index in [-0.39, 0.29) is 17.1 Å². The molecule has 0 radical (unpaired) electrons. The third kappa shape index (κ3) is 4.56. The van der Waals surface area contributed by atoms with E-state index in [9.17, 15) is 14.4 Å². The van der Waals surface area contributed by atoms with Crippen LogP contribution in [0.15, 0.2) is 23.8 Å². The van der Waals surface area contributed by atoms with Crippen LogP contribution < -0.4 is 9.47 Å². The molecule has 0 heterocycles. The van der Waals surface area contributed by atoms with Crippen molar-refractivity contribution in [1.82, 2.24) is 0 Å². The lowest BCUT2D eigenvalue weighted by atomic mass is 10.1. The molecule has 20 heavy (non-hydrogen) atoms. The van der Waals surface area contributed by atoms with E-state index in [4.69, 9.17) is 14.6 Å². The van der Waals surface area contributed by atoms with Gasteiger partial charge in [0, 0.05) is 19.4 Å². The molecule has 0 unspecified atom stereocenters. The summed E-state index contributed by atoms with van der Waals surface area (Å²) in [5.41, 5.74) is 0.635. The number of aliphatic carboxylic acids is 1. The summed E-state index contributed by atoms with van der Waals surface area (Å²) in [6.45, 7) is 3.87. The van der Waals surface area contributed by atoms with Crippen LogP contribution in [0.2, 0.25) is 0 Å². The zero-order chi connectivity index (χ0) is 15.3. The largest absolute Gasteiger partial charge is 0.478 e. The molecular formula is C14H14O6. The summed E-state index contributed by atoms with van der Waals surface area (Å²) in [7, 11) is 0. The first-order valence-corrected chi connectivity index (χ1v) is 5.72. The number of hydrogen-bond acceptors (Lipinski definition) is 5. The van der Waals surface area contributed by atoms with Crippen LogP contribution in [-0.4, -0.2) is 23.0 Å². The molecule has 1 aromatic rings. The zero-order valence-corrected chi connectivity index (χ0v) is 11.3. The van der Waals surface area contributed by atoms with Crippen molar-refractivity contribution >= 4 is 24.0 Å². The molecule has 0 saturated heterocycles. The van der Waals surface area contributed by atoms with Gasteiger partial charge in [-0.2, -0.15) is 0 Å². The molecule has 0 aliphatic carbocycles. The number of carboxylic acid groups (broad SMARTS) is 1. The van der Waals surface area contributed by atoms with Crippen LogP contribution in [0.4, 0.5) is 0 Å². The van der Waals surface area contributed by atoms with Crippen molar-refractivity contribution < 1.29 is 29.0 Å². The molecule has 0 saturated carbocycles.